The summed E-state index contributed by atoms with van der Waals surface area (Å²) >= 11 is 0. The molecule has 0 aliphatic heterocycles. The molecule has 0 unspecified atom stereocenters. The highest BCUT2D eigenvalue weighted by atomic mass is 32.2. The lowest BCUT2D eigenvalue weighted by Gasteiger charge is -2.18. The lowest BCUT2D eigenvalue weighted by atomic mass is 10.0. The first-order valence-corrected chi connectivity index (χ1v) is 9.08. The molecule has 0 fully saturated rings. The Bertz CT molecular complexity index is 913. The molecular formula is C18H18N2O4S. The summed E-state index contributed by atoms with van der Waals surface area (Å²) in [6.07, 6.45) is 0. The summed E-state index contributed by atoms with van der Waals surface area (Å²) in [5.74, 6) is -1.61. The normalized spacial score (nSPS) is 12.6. The highest BCUT2D eigenvalue weighted by Gasteiger charge is 2.27. The Kier molecular flexibility index (Phi) is 5.57. The molecule has 0 radical (unpaired) electrons. The smallest absolute Gasteiger partial charge is 0.322 e. The van der Waals surface area contributed by atoms with E-state index in [4.69, 9.17) is 10.4 Å². The van der Waals surface area contributed by atoms with Gasteiger partial charge in [0.15, 0.2) is 0 Å². The monoisotopic (exact) mass is 358 g/mol. The van der Waals surface area contributed by atoms with E-state index in [-0.39, 0.29) is 10.8 Å². The molecule has 2 aromatic rings. The van der Waals surface area contributed by atoms with Crippen LogP contribution in [0, 0.1) is 17.2 Å². The van der Waals surface area contributed by atoms with E-state index in [9.17, 15) is 13.2 Å². The first kappa shape index (κ1) is 18.6. The number of sulfonamides is 1. The van der Waals surface area contributed by atoms with Gasteiger partial charge in [-0.25, -0.2) is 8.42 Å². The Balaban J connectivity index is 2.29. The molecule has 6 nitrogen and oxygen atoms in total. The quantitative estimate of drug-likeness (QED) is 0.825. The van der Waals surface area contributed by atoms with Gasteiger partial charge in [0.1, 0.15) is 6.04 Å². The van der Waals surface area contributed by atoms with Gasteiger partial charge >= 0.3 is 5.97 Å². The van der Waals surface area contributed by atoms with Crippen LogP contribution in [0.2, 0.25) is 0 Å². The van der Waals surface area contributed by atoms with Crippen molar-refractivity contribution < 1.29 is 18.3 Å². The van der Waals surface area contributed by atoms with Crippen molar-refractivity contribution in [3.63, 3.8) is 0 Å². The van der Waals surface area contributed by atoms with Crippen molar-refractivity contribution >= 4 is 16.0 Å². The fourth-order valence-electron chi connectivity index (χ4n) is 2.30. The van der Waals surface area contributed by atoms with Crippen LogP contribution in [0.4, 0.5) is 0 Å². The van der Waals surface area contributed by atoms with Crippen LogP contribution in [0.5, 0.6) is 0 Å². The highest BCUT2D eigenvalue weighted by molar-refractivity contribution is 7.89. The predicted octanol–water partition coefficient (Wildman–Crippen LogP) is 2.61. The fourth-order valence-corrected chi connectivity index (χ4v) is 3.64. The summed E-state index contributed by atoms with van der Waals surface area (Å²) in [6.45, 7) is 3.26. The van der Waals surface area contributed by atoms with Gasteiger partial charge in [0, 0.05) is 0 Å². The average molecular weight is 358 g/mol. The van der Waals surface area contributed by atoms with Gasteiger partial charge in [-0.2, -0.15) is 9.98 Å². The van der Waals surface area contributed by atoms with Crippen LogP contribution in [-0.4, -0.2) is 25.5 Å². The number of rotatable bonds is 6. The predicted molar refractivity (Wildman–Crippen MR) is 93.2 cm³/mol. The zero-order valence-corrected chi connectivity index (χ0v) is 14.6. The number of hydrogen-bond acceptors (Lipinski definition) is 4. The van der Waals surface area contributed by atoms with Gasteiger partial charge in [0.2, 0.25) is 10.0 Å². The van der Waals surface area contributed by atoms with Crippen LogP contribution in [0.25, 0.3) is 11.1 Å². The summed E-state index contributed by atoms with van der Waals surface area (Å²) in [6, 6.07) is 13.9. The molecule has 25 heavy (non-hydrogen) atoms. The Hall–Kier alpha value is -2.69. The average Bonchev–Trinajstić information content (AvgIpc) is 2.59. The summed E-state index contributed by atoms with van der Waals surface area (Å²) < 4.78 is 27.0. The molecule has 0 aliphatic carbocycles. The van der Waals surface area contributed by atoms with Crippen LogP contribution in [-0.2, 0) is 14.8 Å². The van der Waals surface area contributed by atoms with E-state index in [1.165, 1.54) is 12.1 Å². The summed E-state index contributed by atoms with van der Waals surface area (Å²) in [4.78, 5) is 11.2. The van der Waals surface area contributed by atoms with Crippen molar-refractivity contribution in [3.05, 3.63) is 54.1 Å². The topological polar surface area (TPSA) is 107 Å². The molecule has 2 N–H and O–H groups in total. The van der Waals surface area contributed by atoms with Crippen molar-refractivity contribution in [2.24, 2.45) is 5.92 Å². The maximum atomic E-state index is 12.4. The van der Waals surface area contributed by atoms with Crippen LogP contribution >= 0.6 is 0 Å². The molecule has 2 rings (SSSR count). The van der Waals surface area contributed by atoms with E-state index in [1.54, 1.807) is 44.2 Å². The number of carbonyl (C=O) groups is 1. The number of carboxylic acid groups (broad SMARTS) is 1. The van der Waals surface area contributed by atoms with E-state index in [1.807, 2.05) is 6.07 Å². The maximum Gasteiger partial charge on any atom is 0.322 e. The molecule has 130 valence electrons. The van der Waals surface area contributed by atoms with Gasteiger partial charge in [-0.1, -0.05) is 38.1 Å². The summed E-state index contributed by atoms with van der Waals surface area (Å²) in [7, 11) is -3.94. The first-order valence-electron chi connectivity index (χ1n) is 7.60. The van der Waals surface area contributed by atoms with E-state index < -0.39 is 22.0 Å². The van der Waals surface area contributed by atoms with Gasteiger partial charge in [0.25, 0.3) is 0 Å². The molecule has 0 aromatic heterocycles. The minimum absolute atomic E-state index is 0.0143. The lowest BCUT2D eigenvalue weighted by molar-refractivity contribution is -0.140. The van der Waals surface area contributed by atoms with E-state index in [2.05, 4.69) is 10.8 Å². The Morgan fingerprint density at radius 3 is 2.28 bits per heavy atom. The van der Waals surface area contributed by atoms with Crippen LogP contribution in [0.15, 0.2) is 53.4 Å². The van der Waals surface area contributed by atoms with Crippen LogP contribution in [0.1, 0.15) is 19.4 Å². The largest absolute Gasteiger partial charge is 0.480 e. The number of carboxylic acids is 1. The van der Waals surface area contributed by atoms with Crippen molar-refractivity contribution in [1.29, 1.82) is 5.26 Å². The second-order valence-corrected chi connectivity index (χ2v) is 7.61. The van der Waals surface area contributed by atoms with E-state index in [0.717, 1.165) is 11.1 Å². The second-order valence-electron chi connectivity index (χ2n) is 5.90. The zero-order valence-electron chi connectivity index (χ0n) is 13.8. The van der Waals surface area contributed by atoms with Gasteiger partial charge in [-0.15, -0.1) is 0 Å². The third-order valence-corrected chi connectivity index (χ3v) is 5.16. The first-order chi connectivity index (χ1) is 11.7. The van der Waals surface area contributed by atoms with Gasteiger partial charge in [-0.3, -0.25) is 4.79 Å². The molecule has 7 heteroatoms. The minimum Gasteiger partial charge on any atom is -0.480 e. The van der Waals surface area contributed by atoms with Crippen molar-refractivity contribution in [3.8, 4) is 17.2 Å². The third-order valence-electron chi connectivity index (χ3n) is 3.70. The molecule has 0 saturated heterocycles. The van der Waals surface area contributed by atoms with Crippen molar-refractivity contribution in [2.45, 2.75) is 24.8 Å². The number of nitriles is 1. The second kappa shape index (κ2) is 7.47. The number of benzene rings is 2. The SMILES string of the molecule is CC(C)[C@@H](NS(=O)(=O)c1ccc(-c2cccc(C#N)c2)cc1)C(=O)O. The minimum atomic E-state index is -3.94. The molecule has 0 aliphatic rings. The molecule has 0 amide bonds. The Morgan fingerprint density at radius 2 is 1.76 bits per heavy atom. The molecule has 0 heterocycles. The van der Waals surface area contributed by atoms with Gasteiger partial charge < -0.3 is 5.11 Å². The third kappa shape index (κ3) is 4.44. The van der Waals surface area contributed by atoms with Crippen molar-refractivity contribution in [1.82, 2.24) is 4.72 Å². The fraction of sp³-hybridized carbons (Fsp3) is 0.222. The molecule has 0 spiro atoms. The van der Waals surface area contributed by atoms with Gasteiger partial charge in [0.05, 0.1) is 16.5 Å². The number of nitrogens with one attached hydrogen (secondary N) is 1. The number of aliphatic carboxylic acids is 1. The van der Waals surface area contributed by atoms with Crippen LogP contribution in [0.3, 0.4) is 0 Å². The lowest BCUT2D eigenvalue weighted by Crippen LogP contribution is -2.44. The summed E-state index contributed by atoms with van der Waals surface area (Å²) in [5.41, 5.74) is 2.06. The van der Waals surface area contributed by atoms with E-state index >= 15 is 0 Å². The maximum absolute atomic E-state index is 12.4. The Labute approximate surface area is 146 Å². The molecular weight excluding hydrogens is 340 g/mol. The molecule has 0 saturated carbocycles. The van der Waals surface area contributed by atoms with Gasteiger partial charge in [-0.05, 0) is 41.3 Å². The van der Waals surface area contributed by atoms with Crippen LogP contribution < -0.4 is 4.72 Å². The van der Waals surface area contributed by atoms with Crippen molar-refractivity contribution in [2.75, 3.05) is 0 Å². The molecule has 0 bridgehead atoms. The highest BCUT2D eigenvalue weighted by Crippen LogP contribution is 2.22. The number of hydrogen-bond donors (Lipinski definition) is 2. The Morgan fingerprint density at radius 1 is 1.12 bits per heavy atom. The standard InChI is InChI=1S/C18H18N2O4S/c1-12(2)17(18(21)22)20-25(23,24)16-8-6-14(7-9-16)15-5-3-4-13(10-15)11-19/h3-10,12,17,20H,1-2H3,(H,21,22)/t17-/m1/s1. The molecule has 2 aromatic carbocycles. The number of nitrogens with zero attached hydrogens (tertiary/aromatic N) is 1. The molecule has 1 atom stereocenters. The summed E-state index contributed by atoms with van der Waals surface area (Å²) in [5, 5.41) is 18.1. The van der Waals surface area contributed by atoms with E-state index in [0.29, 0.717) is 5.56 Å². The zero-order chi connectivity index (χ0) is 18.6.